The summed E-state index contributed by atoms with van der Waals surface area (Å²) in [5, 5.41) is 3.27. The third-order valence-electron chi connectivity index (χ3n) is 3.46. The van der Waals surface area contributed by atoms with Gasteiger partial charge in [-0.15, -0.1) is 12.4 Å². The summed E-state index contributed by atoms with van der Waals surface area (Å²) >= 11 is 0. The Hall–Kier alpha value is -0.370. The third kappa shape index (κ3) is 5.95. The average Bonchev–Trinajstić information content (AvgIpc) is 2.35. The van der Waals surface area contributed by atoms with Crippen molar-refractivity contribution >= 4 is 28.3 Å². The summed E-state index contributed by atoms with van der Waals surface area (Å²) in [4.78, 5) is 14.1. The number of piperidine rings is 1. The van der Waals surface area contributed by atoms with Crippen LogP contribution in [0.1, 0.15) is 26.2 Å². The number of carbonyl (C=O) groups excluding carboxylic acids is 1. The van der Waals surface area contributed by atoms with Gasteiger partial charge >= 0.3 is 0 Å². The van der Waals surface area contributed by atoms with E-state index in [4.69, 9.17) is 0 Å². The molecule has 1 aliphatic rings. The number of carbonyl (C=O) groups is 1. The molecule has 1 aliphatic heterocycles. The van der Waals surface area contributed by atoms with E-state index in [9.17, 15) is 13.2 Å². The van der Waals surface area contributed by atoms with Crippen LogP contribution in [0.4, 0.5) is 0 Å². The molecule has 1 amide bonds. The lowest BCUT2D eigenvalue weighted by molar-refractivity contribution is -0.134. The first-order valence-electron chi connectivity index (χ1n) is 6.77. The SMILES string of the molecule is CCCN(C(=O)CN(C)S(C)(=O)=O)C1CCNCC1.Cl. The fourth-order valence-electron chi connectivity index (χ4n) is 2.27. The van der Waals surface area contributed by atoms with Crippen LogP contribution in [0.5, 0.6) is 0 Å². The Morgan fingerprint density at radius 2 is 1.85 bits per heavy atom. The second kappa shape index (κ2) is 8.81. The molecule has 1 fully saturated rings. The summed E-state index contributed by atoms with van der Waals surface area (Å²) < 4.78 is 23.8. The van der Waals surface area contributed by atoms with Crippen LogP contribution in [-0.2, 0) is 14.8 Å². The van der Waals surface area contributed by atoms with Gasteiger partial charge in [0.1, 0.15) is 0 Å². The smallest absolute Gasteiger partial charge is 0.238 e. The van der Waals surface area contributed by atoms with Gasteiger partial charge in [0.15, 0.2) is 0 Å². The Labute approximate surface area is 128 Å². The topological polar surface area (TPSA) is 69.7 Å². The highest BCUT2D eigenvalue weighted by Gasteiger charge is 2.26. The fraction of sp³-hybridized carbons (Fsp3) is 0.917. The van der Waals surface area contributed by atoms with Crippen molar-refractivity contribution in [3.63, 3.8) is 0 Å². The molecule has 0 aromatic heterocycles. The van der Waals surface area contributed by atoms with E-state index in [1.807, 2.05) is 11.8 Å². The minimum absolute atomic E-state index is 0. The van der Waals surface area contributed by atoms with Gasteiger partial charge in [0, 0.05) is 19.6 Å². The van der Waals surface area contributed by atoms with Gasteiger partial charge in [-0.05, 0) is 32.4 Å². The summed E-state index contributed by atoms with van der Waals surface area (Å²) in [5.74, 6) is -0.0957. The minimum atomic E-state index is -3.30. The first kappa shape index (κ1) is 19.6. The second-order valence-corrected chi connectivity index (χ2v) is 7.18. The monoisotopic (exact) mass is 327 g/mol. The molecule has 0 aliphatic carbocycles. The quantitative estimate of drug-likeness (QED) is 0.761. The lowest BCUT2D eigenvalue weighted by Gasteiger charge is -2.35. The van der Waals surface area contributed by atoms with E-state index >= 15 is 0 Å². The molecule has 120 valence electrons. The van der Waals surface area contributed by atoms with Crippen LogP contribution in [0, 0.1) is 0 Å². The molecular formula is C12H26ClN3O3S. The number of amides is 1. The van der Waals surface area contributed by atoms with Crippen molar-refractivity contribution in [1.82, 2.24) is 14.5 Å². The van der Waals surface area contributed by atoms with E-state index in [0.29, 0.717) is 6.54 Å². The molecule has 1 N–H and O–H groups in total. The first-order valence-corrected chi connectivity index (χ1v) is 8.62. The van der Waals surface area contributed by atoms with Gasteiger partial charge in [0.25, 0.3) is 0 Å². The van der Waals surface area contributed by atoms with Gasteiger partial charge in [0.2, 0.25) is 15.9 Å². The van der Waals surface area contributed by atoms with Crippen LogP contribution in [0.2, 0.25) is 0 Å². The van der Waals surface area contributed by atoms with Crippen LogP contribution < -0.4 is 5.32 Å². The van der Waals surface area contributed by atoms with Crippen molar-refractivity contribution in [3.05, 3.63) is 0 Å². The Kier molecular flexibility index (Phi) is 8.65. The Morgan fingerprint density at radius 3 is 2.30 bits per heavy atom. The zero-order chi connectivity index (χ0) is 14.5. The van der Waals surface area contributed by atoms with Crippen molar-refractivity contribution < 1.29 is 13.2 Å². The van der Waals surface area contributed by atoms with Crippen molar-refractivity contribution in [1.29, 1.82) is 0 Å². The molecule has 0 bridgehead atoms. The molecule has 0 aromatic carbocycles. The molecule has 1 heterocycles. The molecular weight excluding hydrogens is 302 g/mol. The molecule has 0 atom stereocenters. The Balaban J connectivity index is 0.00000361. The van der Waals surface area contributed by atoms with Gasteiger partial charge < -0.3 is 10.2 Å². The van der Waals surface area contributed by atoms with Crippen LogP contribution >= 0.6 is 12.4 Å². The Bertz CT molecular complexity index is 397. The average molecular weight is 328 g/mol. The summed E-state index contributed by atoms with van der Waals surface area (Å²) in [6.07, 6.45) is 3.88. The van der Waals surface area contributed by atoms with Gasteiger partial charge in [0.05, 0.1) is 12.8 Å². The second-order valence-electron chi connectivity index (χ2n) is 5.09. The zero-order valence-corrected chi connectivity index (χ0v) is 14.1. The molecule has 1 saturated heterocycles. The predicted octanol–water partition coefficient (Wildman–Crippen LogP) is 0.290. The number of nitrogens with one attached hydrogen (secondary N) is 1. The van der Waals surface area contributed by atoms with Crippen molar-refractivity contribution in [2.75, 3.05) is 39.5 Å². The molecule has 0 unspecified atom stereocenters. The molecule has 1 rings (SSSR count). The lowest BCUT2D eigenvalue weighted by atomic mass is 10.0. The first-order chi connectivity index (χ1) is 8.86. The highest BCUT2D eigenvalue weighted by Crippen LogP contribution is 2.13. The highest BCUT2D eigenvalue weighted by molar-refractivity contribution is 7.88. The molecule has 6 nitrogen and oxygen atoms in total. The maximum atomic E-state index is 12.3. The summed E-state index contributed by atoms with van der Waals surface area (Å²) in [6, 6.07) is 0.238. The van der Waals surface area contributed by atoms with E-state index in [0.717, 1.165) is 42.9 Å². The number of likely N-dealkylation sites (N-methyl/N-ethyl adjacent to an activating group) is 1. The molecule has 0 spiro atoms. The number of nitrogens with zero attached hydrogens (tertiary/aromatic N) is 2. The van der Waals surface area contributed by atoms with E-state index in [1.54, 1.807) is 0 Å². The van der Waals surface area contributed by atoms with Gasteiger partial charge in [-0.3, -0.25) is 4.79 Å². The minimum Gasteiger partial charge on any atom is -0.338 e. The predicted molar refractivity (Wildman–Crippen MR) is 82.6 cm³/mol. The Morgan fingerprint density at radius 1 is 1.30 bits per heavy atom. The molecule has 0 radical (unpaired) electrons. The normalized spacial score (nSPS) is 16.8. The molecule has 0 saturated carbocycles. The van der Waals surface area contributed by atoms with E-state index in [1.165, 1.54) is 7.05 Å². The summed E-state index contributed by atoms with van der Waals surface area (Å²) in [7, 11) is -1.86. The van der Waals surface area contributed by atoms with Crippen molar-refractivity contribution in [3.8, 4) is 0 Å². The van der Waals surface area contributed by atoms with E-state index < -0.39 is 10.0 Å². The number of hydrogen-bond donors (Lipinski definition) is 1. The molecule has 20 heavy (non-hydrogen) atoms. The standard InChI is InChI=1S/C12H25N3O3S.ClH/c1-4-9-15(11-5-7-13-8-6-11)12(16)10-14(2)19(3,17)18;/h11,13H,4-10H2,1-3H3;1H. The van der Waals surface area contributed by atoms with Crippen LogP contribution in [0.3, 0.4) is 0 Å². The van der Waals surface area contributed by atoms with Crippen molar-refractivity contribution in [2.45, 2.75) is 32.2 Å². The van der Waals surface area contributed by atoms with E-state index in [2.05, 4.69) is 5.32 Å². The summed E-state index contributed by atoms with van der Waals surface area (Å²) in [5.41, 5.74) is 0. The molecule has 8 heteroatoms. The number of sulfonamides is 1. The summed E-state index contributed by atoms with van der Waals surface area (Å²) in [6.45, 7) is 4.49. The lowest BCUT2D eigenvalue weighted by Crippen LogP contribution is -2.49. The fourth-order valence-corrected chi connectivity index (χ4v) is 2.61. The van der Waals surface area contributed by atoms with Gasteiger partial charge in [-0.25, -0.2) is 8.42 Å². The van der Waals surface area contributed by atoms with Gasteiger partial charge in [-0.1, -0.05) is 6.92 Å². The maximum Gasteiger partial charge on any atom is 0.238 e. The van der Waals surface area contributed by atoms with Gasteiger partial charge in [-0.2, -0.15) is 4.31 Å². The highest BCUT2D eigenvalue weighted by atomic mass is 35.5. The largest absolute Gasteiger partial charge is 0.338 e. The molecule has 0 aromatic rings. The number of hydrogen-bond acceptors (Lipinski definition) is 4. The number of rotatable bonds is 6. The van der Waals surface area contributed by atoms with Crippen LogP contribution in [-0.4, -0.2) is 69.1 Å². The van der Waals surface area contributed by atoms with E-state index in [-0.39, 0.29) is 30.9 Å². The maximum absolute atomic E-state index is 12.3. The van der Waals surface area contributed by atoms with Crippen LogP contribution in [0.25, 0.3) is 0 Å². The third-order valence-corrected chi connectivity index (χ3v) is 4.72. The van der Waals surface area contributed by atoms with Crippen molar-refractivity contribution in [2.24, 2.45) is 0 Å². The zero-order valence-electron chi connectivity index (χ0n) is 12.5. The number of halogens is 1. The van der Waals surface area contributed by atoms with Crippen LogP contribution in [0.15, 0.2) is 0 Å².